The van der Waals surface area contributed by atoms with Gasteiger partial charge >= 0.3 is 6.09 Å². The second kappa shape index (κ2) is 7.96. The van der Waals surface area contributed by atoms with Crippen molar-refractivity contribution in [2.24, 2.45) is 0 Å². The van der Waals surface area contributed by atoms with E-state index < -0.39 is 5.60 Å². The first-order chi connectivity index (χ1) is 9.67. The Kier molecular flexibility index (Phi) is 6.90. The SMILES string of the molecule is CC(CNC(=O)OC(C)(C)C)NCC1CN(C)CCN1C. The van der Waals surface area contributed by atoms with Gasteiger partial charge in [-0.25, -0.2) is 4.79 Å². The second-order valence-corrected chi connectivity index (χ2v) is 7.09. The number of carbonyl (C=O) groups excluding carboxylic acids is 1. The maximum Gasteiger partial charge on any atom is 0.407 e. The van der Waals surface area contributed by atoms with E-state index >= 15 is 0 Å². The molecule has 1 aliphatic rings. The highest BCUT2D eigenvalue weighted by atomic mass is 16.6. The molecule has 21 heavy (non-hydrogen) atoms. The first kappa shape index (κ1) is 18.2. The number of likely N-dealkylation sites (N-methyl/N-ethyl adjacent to an activating group) is 2. The molecule has 1 heterocycles. The summed E-state index contributed by atoms with van der Waals surface area (Å²) in [4.78, 5) is 16.3. The smallest absolute Gasteiger partial charge is 0.407 e. The Labute approximate surface area is 129 Å². The third-order valence-corrected chi connectivity index (χ3v) is 3.63. The van der Waals surface area contributed by atoms with Crippen molar-refractivity contribution >= 4 is 6.09 Å². The zero-order valence-corrected chi connectivity index (χ0v) is 14.4. The maximum absolute atomic E-state index is 11.6. The third kappa shape index (κ3) is 7.64. The van der Waals surface area contributed by atoms with Crippen molar-refractivity contribution in [3.05, 3.63) is 0 Å². The maximum atomic E-state index is 11.6. The van der Waals surface area contributed by atoms with Gasteiger partial charge in [-0.1, -0.05) is 0 Å². The van der Waals surface area contributed by atoms with E-state index in [0.29, 0.717) is 12.6 Å². The van der Waals surface area contributed by atoms with Gasteiger partial charge in [0.15, 0.2) is 0 Å². The number of rotatable bonds is 5. The molecule has 1 aliphatic heterocycles. The monoisotopic (exact) mass is 300 g/mol. The predicted molar refractivity (Wildman–Crippen MR) is 85.6 cm³/mol. The lowest BCUT2D eigenvalue weighted by Gasteiger charge is -2.38. The summed E-state index contributed by atoms with van der Waals surface area (Å²) in [6, 6.07) is 0.742. The zero-order valence-electron chi connectivity index (χ0n) is 14.4. The zero-order chi connectivity index (χ0) is 16.0. The fourth-order valence-corrected chi connectivity index (χ4v) is 2.28. The van der Waals surface area contributed by atoms with Crippen LogP contribution in [0.15, 0.2) is 0 Å². The van der Waals surface area contributed by atoms with Gasteiger partial charge in [0.05, 0.1) is 0 Å². The van der Waals surface area contributed by atoms with Crippen LogP contribution in [0.4, 0.5) is 4.79 Å². The lowest BCUT2D eigenvalue weighted by Crippen LogP contribution is -2.55. The van der Waals surface area contributed by atoms with Crippen molar-refractivity contribution in [1.29, 1.82) is 0 Å². The molecule has 0 aliphatic carbocycles. The molecule has 2 unspecified atom stereocenters. The van der Waals surface area contributed by atoms with Crippen LogP contribution in [0.2, 0.25) is 0 Å². The molecule has 6 heteroatoms. The molecule has 2 N–H and O–H groups in total. The van der Waals surface area contributed by atoms with E-state index in [2.05, 4.69) is 41.5 Å². The van der Waals surface area contributed by atoms with Crippen LogP contribution in [0.3, 0.4) is 0 Å². The average molecular weight is 300 g/mol. The Morgan fingerprint density at radius 2 is 2.00 bits per heavy atom. The summed E-state index contributed by atoms with van der Waals surface area (Å²) in [6.45, 7) is 12.5. The van der Waals surface area contributed by atoms with Gasteiger partial charge < -0.3 is 20.3 Å². The molecule has 0 spiro atoms. The van der Waals surface area contributed by atoms with Crippen molar-refractivity contribution in [2.45, 2.75) is 45.4 Å². The van der Waals surface area contributed by atoms with Gasteiger partial charge in [0, 0.05) is 44.8 Å². The number of amides is 1. The Morgan fingerprint density at radius 1 is 1.33 bits per heavy atom. The Morgan fingerprint density at radius 3 is 2.62 bits per heavy atom. The Bertz CT molecular complexity index is 330. The first-order valence-corrected chi connectivity index (χ1v) is 7.76. The molecule has 0 aromatic rings. The van der Waals surface area contributed by atoms with Crippen LogP contribution in [0.25, 0.3) is 0 Å². The van der Waals surface area contributed by atoms with Gasteiger partial charge in [-0.3, -0.25) is 4.90 Å². The van der Waals surface area contributed by atoms with E-state index in [-0.39, 0.29) is 12.1 Å². The van der Waals surface area contributed by atoms with Crippen molar-refractivity contribution in [3.8, 4) is 0 Å². The molecule has 0 saturated carbocycles. The standard InChI is InChI=1S/C15H32N4O2/c1-12(9-17-14(20)21-15(2,3)4)16-10-13-11-18(5)7-8-19(13)6/h12-13,16H,7-11H2,1-6H3,(H,17,20). The summed E-state index contributed by atoms with van der Waals surface area (Å²) >= 11 is 0. The number of carbonyl (C=O) groups is 1. The largest absolute Gasteiger partial charge is 0.444 e. The summed E-state index contributed by atoms with van der Waals surface area (Å²) in [6.07, 6.45) is -0.356. The second-order valence-electron chi connectivity index (χ2n) is 7.09. The van der Waals surface area contributed by atoms with Crippen LogP contribution in [0, 0.1) is 0 Å². The first-order valence-electron chi connectivity index (χ1n) is 7.76. The van der Waals surface area contributed by atoms with Crippen molar-refractivity contribution < 1.29 is 9.53 Å². The molecule has 0 radical (unpaired) electrons. The molecular formula is C15H32N4O2. The van der Waals surface area contributed by atoms with E-state index in [0.717, 1.165) is 26.2 Å². The number of ether oxygens (including phenoxy) is 1. The molecule has 1 rings (SSSR count). The molecule has 1 amide bonds. The molecule has 6 nitrogen and oxygen atoms in total. The highest BCUT2D eigenvalue weighted by Crippen LogP contribution is 2.06. The average Bonchev–Trinajstić information content (AvgIpc) is 2.35. The highest BCUT2D eigenvalue weighted by molar-refractivity contribution is 5.67. The molecule has 1 saturated heterocycles. The van der Waals surface area contributed by atoms with Crippen LogP contribution in [-0.2, 0) is 4.74 Å². The normalized spacial score (nSPS) is 22.9. The summed E-state index contributed by atoms with van der Waals surface area (Å²) in [5.41, 5.74) is -0.448. The molecule has 1 fully saturated rings. The lowest BCUT2D eigenvalue weighted by molar-refractivity contribution is 0.0522. The minimum atomic E-state index is -0.448. The molecule has 0 aromatic carbocycles. The number of piperazine rings is 1. The van der Waals surface area contributed by atoms with Crippen LogP contribution in [0.1, 0.15) is 27.7 Å². The van der Waals surface area contributed by atoms with Gasteiger partial charge in [0.2, 0.25) is 0 Å². The van der Waals surface area contributed by atoms with Crippen LogP contribution < -0.4 is 10.6 Å². The van der Waals surface area contributed by atoms with E-state index in [1.807, 2.05) is 20.8 Å². The van der Waals surface area contributed by atoms with Gasteiger partial charge in [0.25, 0.3) is 0 Å². The van der Waals surface area contributed by atoms with Gasteiger partial charge in [-0.15, -0.1) is 0 Å². The van der Waals surface area contributed by atoms with E-state index in [1.54, 1.807) is 0 Å². The van der Waals surface area contributed by atoms with Gasteiger partial charge in [0.1, 0.15) is 5.60 Å². The van der Waals surface area contributed by atoms with Crippen molar-refractivity contribution in [1.82, 2.24) is 20.4 Å². The van der Waals surface area contributed by atoms with Crippen LogP contribution >= 0.6 is 0 Å². The number of hydrogen-bond acceptors (Lipinski definition) is 5. The Hall–Kier alpha value is -0.850. The third-order valence-electron chi connectivity index (χ3n) is 3.63. The summed E-state index contributed by atoms with van der Waals surface area (Å²) in [5.74, 6) is 0. The number of alkyl carbamates (subject to hydrolysis) is 1. The molecule has 124 valence electrons. The quantitative estimate of drug-likeness (QED) is 0.784. The fourth-order valence-electron chi connectivity index (χ4n) is 2.28. The van der Waals surface area contributed by atoms with E-state index in [1.165, 1.54) is 0 Å². The summed E-state index contributed by atoms with van der Waals surface area (Å²) < 4.78 is 5.22. The lowest BCUT2D eigenvalue weighted by atomic mass is 10.1. The minimum absolute atomic E-state index is 0.221. The molecule has 2 atom stereocenters. The topological polar surface area (TPSA) is 56.8 Å². The number of nitrogens with one attached hydrogen (secondary N) is 2. The van der Waals surface area contributed by atoms with E-state index in [4.69, 9.17) is 4.74 Å². The molecule has 0 bridgehead atoms. The summed E-state index contributed by atoms with van der Waals surface area (Å²) in [5, 5.41) is 6.28. The van der Waals surface area contributed by atoms with Gasteiger partial charge in [-0.05, 0) is 41.8 Å². The Balaban J connectivity index is 2.21. The van der Waals surface area contributed by atoms with Crippen molar-refractivity contribution in [2.75, 3.05) is 46.8 Å². The predicted octanol–water partition coefficient (Wildman–Crippen LogP) is 0.735. The molecule has 0 aromatic heterocycles. The van der Waals surface area contributed by atoms with Crippen molar-refractivity contribution in [3.63, 3.8) is 0 Å². The number of hydrogen-bond donors (Lipinski definition) is 2. The van der Waals surface area contributed by atoms with Gasteiger partial charge in [-0.2, -0.15) is 0 Å². The van der Waals surface area contributed by atoms with Crippen LogP contribution in [-0.4, -0.2) is 80.4 Å². The number of nitrogens with zero attached hydrogens (tertiary/aromatic N) is 2. The fraction of sp³-hybridized carbons (Fsp3) is 0.933. The summed E-state index contributed by atoms with van der Waals surface area (Å²) in [7, 11) is 4.33. The molecular weight excluding hydrogens is 268 g/mol. The van der Waals surface area contributed by atoms with Crippen LogP contribution in [0.5, 0.6) is 0 Å². The van der Waals surface area contributed by atoms with E-state index in [9.17, 15) is 4.79 Å². The minimum Gasteiger partial charge on any atom is -0.444 e. The highest BCUT2D eigenvalue weighted by Gasteiger charge is 2.22.